The maximum Gasteiger partial charge on any atom is 0.222 e. The fraction of sp³-hybridized carbons (Fsp3) is 0.125. The van der Waals surface area contributed by atoms with Gasteiger partial charge in [-0.2, -0.15) is 4.99 Å². The highest BCUT2D eigenvalue weighted by Gasteiger charge is 2.30. The van der Waals surface area contributed by atoms with Gasteiger partial charge in [-0.25, -0.2) is 4.99 Å². The Morgan fingerprint density at radius 2 is 1.87 bits per heavy atom. The lowest BCUT2D eigenvalue weighted by Gasteiger charge is -2.29. The van der Waals surface area contributed by atoms with Crippen LogP contribution < -0.4 is 22.5 Å². The van der Waals surface area contributed by atoms with Crippen molar-refractivity contribution in [3.05, 3.63) is 30.1 Å². The first-order valence-corrected chi connectivity index (χ1v) is 4.27. The summed E-state index contributed by atoms with van der Waals surface area (Å²) in [5.74, 6) is -0.980. The van der Waals surface area contributed by atoms with E-state index in [1.807, 2.05) is 0 Å². The lowest BCUT2D eigenvalue weighted by Crippen LogP contribution is -2.57. The van der Waals surface area contributed by atoms with E-state index in [1.165, 1.54) is 0 Å². The van der Waals surface area contributed by atoms with Crippen molar-refractivity contribution in [3.8, 4) is 0 Å². The van der Waals surface area contributed by atoms with Crippen LogP contribution in [0.15, 0.2) is 34.5 Å². The molecule has 2 heterocycles. The Morgan fingerprint density at radius 3 is 2.47 bits per heavy atom. The SMILES string of the molecule is NC1=NC(N)(c2ccncc2)NC(N)=N1. The smallest absolute Gasteiger partial charge is 0.222 e. The Balaban J connectivity index is 2.42. The molecule has 2 rings (SSSR count). The number of rotatable bonds is 1. The van der Waals surface area contributed by atoms with E-state index >= 15 is 0 Å². The molecule has 1 aliphatic rings. The normalized spacial score (nSPS) is 25.1. The van der Waals surface area contributed by atoms with E-state index in [2.05, 4.69) is 20.3 Å². The first-order chi connectivity index (χ1) is 7.10. The minimum absolute atomic E-state index is 0.0468. The van der Waals surface area contributed by atoms with Crippen LogP contribution in [0.25, 0.3) is 0 Å². The van der Waals surface area contributed by atoms with E-state index < -0.39 is 5.79 Å². The van der Waals surface area contributed by atoms with Crippen LogP contribution in [-0.4, -0.2) is 16.9 Å². The molecule has 1 aromatic heterocycles. The van der Waals surface area contributed by atoms with Crippen molar-refractivity contribution >= 4 is 11.9 Å². The molecule has 1 atom stereocenters. The van der Waals surface area contributed by atoms with E-state index in [1.54, 1.807) is 24.5 Å². The predicted octanol–water partition coefficient (Wildman–Crippen LogP) is -1.62. The lowest BCUT2D eigenvalue weighted by atomic mass is 10.1. The summed E-state index contributed by atoms with van der Waals surface area (Å²) in [6.07, 6.45) is 3.22. The van der Waals surface area contributed by atoms with Gasteiger partial charge in [-0.3, -0.25) is 10.7 Å². The number of nitrogens with one attached hydrogen (secondary N) is 1. The standard InChI is InChI=1S/C8H11N7/c9-6-13-7(10)15-8(11,14-6)5-1-3-12-4-2-5/h1-4H,11H2,(H5,9,10,13,14,15). The van der Waals surface area contributed by atoms with Gasteiger partial charge in [0, 0.05) is 18.0 Å². The zero-order valence-corrected chi connectivity index (χ0v) is 7.88. The minimum atomic E-state index is -1.17. The largest absolute Gasteiger partial charge is 0.369 e. The van der Waals surface area contributed by atoms with Crippen LogP contribution in [0.5, 0.6) is 0 Å². The van der Waals surface area contributed by atoms with Crippen LogP contribution in [-0.2, 0) is 5.79 Å². The molecule has 0 fully saturated rings. The lowest BCUT2D eigenvalue weighted by molar-refractivity contribution is 0.423. The van der Waals surface area contributed by atoms with E-state index in [0.29, 0.717) is 5.56 Å². The molecule has 78 valence electrons. The predicted molar refractivity (Wildman–Crippen MR) is 56.5 cm³/mol. The Morgan fingerprint density at radius 1 is 1.20 bits per heavy atom. The Hall–Kier alpha value is -2.15. The molecule has 1 aromatic rings. The van der Waals surface area contributed by atoms with E-state index in [4.69, 9.17) is 17.2 Å². The number of guanidine groups is 2. The molecule has 0 spiro atoms. The fourth-order valence-corrected chi connectivity index (χ4v) is 1.32. The maximum atomic E-state index is 5.99. The third-order valence-corrected chi connectivity index (χ3v) is 1.96. The summed E-state index contributed by atoms with van der Waals surface area (Å²) in [5.41, 5.74) is 17.7. The monoisotopic (exact) mass is 205 g/mol. The number of aromatic nitrogens is 1. The topological polar surface area (TPSA) is 128 Å². The highest BCUT2D eigenvalue weighted by Crippen LogP contribution is 2.17. The third kappa shape index (κ3) is 1.72. The van der Waals surface area contributed by atoms with Crippen molar-refractivity contribution in [3.63, 3.8) is 0 Å². The van der Waals surface area contributed by atoms with Gasteiger partial charge >= 0.3 is 0 Å². The Bertz CT molecular complexity index is 424. The molecular formula is C8H11N7. The minimum Gasteiger partial charge on any atom is -0.369 e. The average Bonchev–Trinajstić information content (AvgIpc) is 2.17. The van der Waals surface area contributed by atoms with Gasteiger partial charge in [0.1, 0.15) is 0 Å². The number of hydrogen-bond donors (Lipinski definition) is 4. The molecule has 1 aliphatic heterocycles. The molecule has 0 amide bonds. The number of nitrogens with zero attached hydrogens (tertiary/aromatic N) is 3. The van der Waals surface area contributed by atoms with E-state index in [0.717, 1.165) is 0 Å². The summed E-state index contributed by atoms with van der Waals surface area (Å²) in [6, 6.07) is 3.45. The molecule has 1 unspecified atom stereocenters. The molecule has 0 bridgehead atoms. The Labute approximate surface area is 86.1 Å². The highest BCUT2D eigenvalue weighted by molar-refractivity contribution is 5.95. The first kappa shape index (κ1) is 9.41. The molecule has 0 aromatic carbocycles. The zero-order chi connectivity index (χ0) is 10.9. The molecule has 0 radical (unpaired) electrons. The van der Waals surface area contributed by atoms with Crippen LogP contribution >= 0.6 is 0 Å². The zero-order valence-electron chi connectivity index (χ0n) is 7.88. The molecule has 7 nitrogen and oxygen atoms in total. The number of hydrogen-bond acceptors (Lipinski definition) is 7. The van der Waals surface area contributed by atoms with Crippen LogP contribution in [0.3, 0.4) is 0 Å². The van der Waals surface area contributed by atoms with E-state index in [-0.39, 0.29) is 11.9 Å². The number of nitrogens with two attached hydrogens (primary N) is 3. The van der Waals surface area contributed by atoms with Crippen molar-refractivity contribution in [1.82, 2.24) is 10.3 Å². The highest BCUT2D eigenvalue weighted by atomic mass is 15.4. The van der Waals surface area contributed by atoms with Gasteiger partial charge in [0.2, 0.25) is 11.7 Å². The summed E-state index contributed by atoms with van der Waals surface area (Å²) in [7, 11) is 0. The Kier molecular flexibility index (Phi) is 2.01. The second-order valence-corrected chi connectivity index (χ2v) is 3.09. The van der Waals surface area contributed by atoms with Crippen LogP contribution in [0, 0.1) is 0 Å². The van der Waals surface area contributed by atoms with Gasteiger partial charge in [0.25, 0.3) is 0 Å². The molecule has 0 saturated heterocycles. The maximum absolute atomic E-state index is 5.99. The number of aliphatic imine (C=N–C) groups is 2. The van der Waals surface area contributed by atoms with E-state index in [9.17, 15) is 0 Å². The van der Waals surface area contributed by atoms with Crippen LogP contribution in [0.2, 0.25) is 0 Å². The third-order valence-electron chi connectivity index (χ3n) is 1.96. The van der Waals surface area contributed by atoms with Gasteiger partial charge in [-0.1, -0.05) is 0 Å². The van der Waals surface area contributed by atoms with Gasteiger partial charge in [-0.05, 0) is 12.1 Å². The first-order valence-electron chi connectivity index (χ1n) is 4.27. The van der Waals surface area contributed by atoms with Gasteiger partial charge < -0.3 is 16.8 Å². The second-order valence-electron chi connectivity index (χ2n) is 3.09. The molecule has 15 heavy (non-hydrogen) atoms. The summed E-state index contributed by atoms with van der Waals surface area (Å²) in [6.45, 7) is 0. The fourth-order valence-electron chi connectivity index (χ4n) is 1.32. The van der Waals surface area contributed by atoms with Gasteiger partial charge in [0.15, 0.2) is 5.96 Å². The molecular weight excluding hydrogens is 194 g/mol. The second kappa shape index (κ2) is 3.21. The quantitative estimate of drug-likeness (QED) is 0.438. The number of pyridine rings is 1. The summed E-state index contributed by atoms with van der Waals surface area (Å²) in [4.78, 5) is 11.6. The summed E-state index contributed by atoms with van der Waals surface area (Å²) >= 11 is 0. The van der Waals surface area contributed by atoms with Crippen molar-refractivity contribution in [2.45, 2.75) is 5.79 Å². The van der Waals surface area contributed by atoms with Crippen molar-refractivity contribution in [1.29, 1.82) is 0 Å². The molecule has 0 aliphatic carbocycles. The molecule has 7 heteroatoms. The van der Waals surface area contributed by atoms with Gasteiger partial charge in [-0.15, -0.1) is 0 Å². The molecule has 0 saturated carbocycles. The average molecular weight is 205 g/mol. The van der Waals surface area contributed by atoms with Crippen molar-refractivity contribution in [2.75, 3.05) is 0 Å². The van der Waals surface area contributed by atoms with Crippen molar-refractivity contribution in [2.24, 2.45) is 27.2 Å². The van der Waals surface area contributed by atoms with Crippen molar-refractivity contribution < 1.29 is 0 Å². The molecule has 7 N–H and O–H groups in total. The van der Waals surface area contributed by atoms with Gasteiger partial charge in [0.05, 0.1) is 0 Å². The summed E-state index contributed by atoms with van der Waals surface area (Å²) in [5, 5.41) is 2.75. The van der Waals surface area contributed by atoms with Crippen LogP contribution in [0.4, 0.5) is 0 Å². The summed E-state index contributed by atoms with van der Waals surface area (Å²) < 4.78 is 0. The van der Waals surface area contributed by atoms with Crippen LogP contribution in [0.1, 0.15) is 5.56 Å².